The third-order valence-corrected chi connectivity index (χ3v) is 1.59. The maximum absolute atomic E-state index is 11.1. The number of ketones is 1. The van der Waals surface area contributed by atoms with E-state index in [1.807, 2.05) is 27.7 Å². The molecule has 0 radical (unpaired) electrons. The van der Waals surface area contributed by atoms with Gasteiger partial charge in [0.2, 0.25) is 0 Å². The fraction of sp³-hybridized carbons (Fsp3) is 0.889. The third kappa shape index (κ3) is 4.14. The fourth-order valence-corrected chi connectivity index (χ4v) is 0.947. The Labute approximate surface area is 68.6 Å². The van der Waals surface area contributed by atoms with Gasteiger partial charge in [0.25, 0.3) is 0 Å². The van der Waals surface area contributed by atoms with Crippen molar-refractivity contribution in [3.8, 4) is 0 Å². The number of aliphatic hydroxyl groups excluding tert-OH is 1. The molecule has 0 fully saturated rings. The van der Waals surface area contributed by atoms with Crippen LogP contribution >= 0.6 is 0 Å². The molecule has 0 saturated carbocycles. The van der Waals surface area contributed by atoms with Gasteiger partial charge in [-0.05, 0) is 12.3 Å². The molecule has 11 heavy (non-hydrogen) atoms. The normalized spacial score (nSPS) is 14.1. The molecule has 0 aliphatic carbocycles. The van der Waals surface area contributed by atoms with Gasteiger partial charge in [0, 0.05) is 5.92 Å². The van der Waals surface area contributed by atoms with Gasteiger partial charge in [-0.1, -0.05) is 27.7 Å². The molecule has 0 bridgehead atoms. The van der Waals surface area contributed by atoms with Crippen LogP contribution in [0.2, 0.25) is 0 Å². The van der Waals surface area contributed by atoms with E-state index in [1.54, 1.807) is 0 Å². The summed E-state index contributed by atoms with van der Waals surface area (Å²) in [6.07, 6.45) is -0.174. The van der Waals surface area contributed by atoms with E-state index in [2.05, 4.69) is 0 Å². The quantitative estimate of drug-likeness (QED) is 0.675. The first-order valence-corrected chi connectivity index (χ1v) is 4.17. The van der Waals surface area contributed by atoms with Crippen LogP contribution in [0.1, 0.15) is 34.1 Å². The summed E-state index contributed by atoms with van der Waals surface area (Å²) in [5, 5.41) is 9.31. The van der Waals surface area contributed by atoms with Crippen molar-refractivity contribution in [3.05, 3.63) is 0 Å². The van der Waals surface area contributed by atoms with E-state index < -0.39 is 6.10 Å². The minimum atomic E-state index is -0.755. The van der Waals surface area contributed by atoms with E-state index in [0.717, 1.165) is 0 Å². The highest BCUT2D eigenvalue weighted by atomic mass is 16.3. The van der Waals surface area contributed by atoms with Gasteiger partial charge in [-0.3, -0.25) is 4.79 Å². The second-order valence-corrected chi connectivity index (χ2v) is 3.70. The van der Waals surface area contributed by atoms with Gasteiger partial charge >= 0.3 is 0 Å². The molecule has 0 saturated heterocycles. The van der Waals surface area contributed by atoms with Crippen LogP contribution in [0.3, 0.4) is 0 Å². The Hall–Kier alpha value is -0.370. The van der Waals surface area contributed by atoms with Gasteiger partial charge in [-0.2, -0.15) is 0 Å². The van der Waals surface area contributed by atoms with E-state index in [9.17, 15) is 9.90 Å². The van der Waals surface area contributed by atoms with Crippen molar-refractivity contribution in [1.82, 2.24) is 0 Å². The van der Waals surface area contributed by atoms with Gasteiger partial charge in [-0.15, -0.1) is 0 Å². The lowest BCUT2D eigenvalue weighted by Gasteiger charge is -2.13. The summed E-state index contributed by atoms with van der Waals surface area (Å²) < 4.78 is 0. The van der Waals surface area contributed by atoms with Gasteiger partial charge in [0.15, 0.2) is 5.78 Å². The molecule has 2 nitrogen and oxygen atoms in total. The van der Waals surface area contributed by atoms with E-state index in [0.29, 0.717) is 12.3 Å². The molecule has 0 unspecified atom stereocenters. The van der Waals surface area contributed by atoms with E-state index in [4.69, 9.17) is 0 Å². The molecule has 0 aliphatic rings. The molecule has 0 aromatic rings. The summed E-state index contributed by atoms with van der Waals surface area (Å²) in [4.78, 5) is 11.1. The number of rotatable bonds is 4. The number of hydrogen-bond acceptors (Lipinski definition) is 2. The maximum atomic E-state index is 11.1. The summed E-state index contributed by atoms with van der Waals surface area (Å²) in [6.45, 7) is 7.62. The summed E-state index contributed by atoms with van der Waals surface area (Å²) >= 11 is 0. The molecule has 0 aromatic heterocycles. The Kier molecular flexibility index (Phi) is 4.34. The molecule has 0 spiro atoms. The number of hydrogen-bond donors (Lipinski definition) is 1. The summed E-state index contributed by atoms with van der Waals surface area (Å²) in [5.74, 6) is 0.287. The first-order valence-electron chi connectivity index (χ1n) is 4.17. The zero-order valence-corrected chi connectivity index (χ0v) is 7.79. The van der Waals surface area contributed by atoms with E-state index in [-0.39, 0.29) is 11.7 Å². The molecule has 0 aliphatic heterocycles. The predicted octanol–water partition coefficient (Wildman–Crippen LogP) is 1.62. The zero-order valence-electron chi connectivity index (χ0n) is 7.79. The van der Waals surface area contributed by atoms with Crippen molar-refractivity contribution in [2.45, 2.75) is 40.2 Å². The van der Waals surface area contributed by atoms with E-state index >= 15 is 0 Å². The number of aliphatic hydroxyl groups is 1. The number of Topliss-reactive ketones (excluding diaryl/α,β-unsaturated/α-hetero) is 1. The van der Waals surface area contributed by atoms with Crippen LogP contribution in [0, 0.1) is 11.8 Å². The minimum absolute atomic E-state index is 0.0429. The lowest BCUT2D eigenvalue weighted by atomic mass is 9.97. The Bertz CT molecular complexity index is 128. The Morgan fingerprint density at radius 3 is 2.00 bits per heavy atom. The van der Waals surface area contributed by atoms with Crippen LogP contribution in [0.15, 0.2) is 0 Å². The van der Waals surface area contributed by atoms with Crippen molar-refractivity contribution < 1.29 is 9.90 Å². The number of carbonyl (C=O) groups is 1. The van der Waals surface area contributed by atoms with Crippen molar-refractivity contribution in [1.29, 1.82) is 0 Å². The molecule has 0 heterocycles. The van der Waals surface area contributed by atoms with Gasteiger partial charge < -0.3 is 5.11 Å². The second kappa shape index (κ2) is 4.50. The van der Waals surface area contributed by atoms with Crippen LogP contribution in [0.4, 0.5) is 0 Å². The van der Waals surface area contributed by atoms with Crippen molar-refractivity contribution >= 4 is 5.78 Å². The number of carbonyl (C=O) groups excluding carboxylic acids is 1. The van der Waals surface area contributed by atoms with Crippen LogP contribution < -0.4 is 0 Å². The van der Waals surface area contributed by atoms with Crippen LogP contribution in [-0.4, -0.2) is 17.0 Å². The van der Waals surface area contributed by atoms with E-state index in [1.165, 1.54) is 0 Å². The lowest BCUT2D eigenvalue weighted by Crippen LogP contribution is -2.26. The monoisotopic (exact) mass is 158 g/mol. The summed E-state index contributed by atoms with van der Waals surface area (Å²) in [5.41, 5.74) is 0. The lowest BCUT2D eigenvalue weighted by molar-refractivity contribution is -0.130. The third-order valence-electron chi connectivity index (χ3n) is 1.59. The van der Waals surface area contributed by atoms with Crippen molar-refractivity contribution in [2.75, 3.05) is 0 Å². The van der Waals surface area contributed by atoms with Crippen LogP contribution in [0.25, 0.3) is 0 Å². The maximum Gasteiger partial charge on any atom is 0.163 e. The Morgan fingerprint density at radius 1 is 1.27 bits per heavy atom. The SMILES string of the molecule is CC(C)C[C@@H](O)C(=O)C(C)C. The second-order valence-electron chi connectivity index (χ2n) is 3.70. The van der Waals surface area contributed by atoms with Crippen LogP contribution in [-0.2, 0) is 4.79 Å². The molecule has 1 N–H and O–H groups in total. The first-order chi connectivity index (χ1) is 4.95. The molecule has 1 atom stereocenters. The fourth-order valence-electron chi connectivity index (χ4n) is 0.947. The largest absolute Gasteiger partial charge is 0.385 e. The molecular formula is C9H18O2. The first kappa shape index (κ1) is 10.6. The summed E-state index contributed by atoms with van der Waals surface area (Å²) in [6, 6.07) is 0. The smallest absolute Gasteiger partial charge is 0.163 e. The average molecular weight is 158 g/mol. The van der Waals surface area contributed by atoms with Gasteiger partial charge in [0.1, 0.15) is 6.10 Å². The van der Waals surface area contributed by atoms with Crippen molar-refractivity contribution in [3.63, 3.8) is 0 Å². The highest BCUT2D eigenvalue weighted by Gasteiger charge is 2.18. The van der Waals surface area contributed by atoms with Gasteiger partial charge in [0.05, 0.1) is 0 Å². The molecule has 0 amide bonds. The summed E-state index contributed by atoms with van der Waals surface area (Å²) in [7, 11) is 0. The van der Waals surface area contributed by atoms with Crippen LogP contribution in [0.5, 0.6) is 0 Å². The standard InChI is InChI=1S/C9H18O2/c1-6(2)5-8(10)9(11)7(3)4/h6-8,10H,5H2,1-4H3/t8-/m1/s1. The topological polar surface area (TPSA) is 37.3 Å². The van der Waals surface area contributed by atoms with Crippen molar-refractivity contribution in [2.24, 2.45) is 11.8 Å². The zero-order chi connectivity index (χ0) is 9.02. The Balaban J connectivity index is 3.83. The highest BCUT2D eigenvalue weighted by Crippen LogP contribution is 2.09. The Morgan fingerprint density at radius 2 is 1.73 bits per heavy atom. The molecule has 66 valence electrons. The van der Waals surface area contributed by atoms with Gasteiger partial charge in [-0.25, -0.2) is 0 Å². The predicted molar refractivity (Wildman–Crippen MR) is 45.3 cm³/mol. The average Bonchev–Trinajstić information content (AvgIpc) is 1.84. The molecule has 0 rings (SSSR count). The molecular weight excluding hydrogens is 140 g/mol. The molecule has 2 heteroatoms. The molecule has 0 aromatic carbocycles. The highest BCUT2D eigenvalue weighted by molar-refractivity contribution is 5.84. The minimum Gasteiger partial charge on any atom is -0.385 e.